The third-order valence-electron chi connectivity index (χ3n) is 4.92. The Labute approximate surface area is 215 Å². The number of hydroxylamine groups is 1. The Morgan fingerprint density at radius 2 is 1.57 bits per heavy atom. The van der Waals surface area contributed by atoms with E-state index >= 15 is 0 Å². The Morgan fingerprint density at radius 3 is 2.11 bits per heavy atom. The minimum absolute atomic E-state index is 0. The Morgan fingerprint density at radius 1 is 0.946 bits per heavy atom. The average Bonchev–Trinajstić information content (AvgIpc) is 2.90. The van der Waals surface area contributed by atoms with Gasteiger partial charge in [0.25, 0.3) is 11.8 Å². The molecule has 0 aliphatic rings. The van der Waals surface area contributed by atoms with Crippen LogP contribution in [0.4, 0.5) is 11.5 Å². The zero-order valence-corrected chi connectivity index (χ0v) is 19.4. The van der Waals surface area contributed by atoms with Crippen molar-refractivity contribution in [2.75, 3.05) is 17.2 Å². The van der Waals surface area contributed by atoms with Crippen molar-refractivity contribution in [1.29, 1.82) is 0 Å². The molecule has 1 heterocycles. The number of benzene rings is 2. The lowest BCUT2D eigenvalue weighted by molar-refractivity contribution is -0.133. The molecule has 3 aromatic rings. The lowest BCUT2D eigenvalue weighted by atomic mass is 10.1. The highest BCUT2D eigenvalue weighted by Gasteiger charge is 2.25. The number of nitrogens with one attached hydrogen (secondary N) is 4. The fourth-order valence-electron chi connectivity index (χ4n) is 3.03. The van der Waals surface area contributed by atoms with E-state index in [1.807, 2.05) is 6.07 Å². The van der Waals surface area contributed by atoms with E-state index in [1.54, 1.807) is 54.7 Å². The van der Waals surface area contributed by atoms with Gasteiger partial charge in [-0.2, -0.15) is 0 Å². The van der Waals surface area contributed by atoms with E-state index in [4.69, 9.17) is 5.21 Å². The fraction of sp³-hybridized carbons (Fsp3) is 0.185. The van der Waals surface area contributed by atoms with Crippen molar-refractivity contribution < 1.29 is 24.7 Å². The summed E-state index contributed by atoms with van der Waals surface area (Å²) in [6, 6.07) is 17.5. The molecule has 2 atom stereocenters. The molecule has 37 heavy (non-hydrogen) atoms. The SMILES string of the molecule is C.C[C@@H](O)[C@H](NC(=O)c1ccc(C#Cc2ccc(NC(=O)CNc3ccccn3)cc2)cc1)C(=O)NO. The van der Waals surface area contributed by atoms with E-state index in [0.29, 0.717) is 17.1 Å². The summed E-state index contributed by atoms with van der Waals surface area (Å²) in [5, 5.41) is 26.5. The molecule has 0 saturated heterocycles. The van der Waals surface area contributed by atoms with Gasteiger partial charge in [0.15, 0.2) is 0 Å². The second kappa shape index (κ2) is 14.0. The molecule has 3 rings (SSSR count). The largest absolute Gasteiger partial charge is 0.391 e. The maximum atomic E-state index is 12.3. The summed E-state index contributed by atoms with van der Waals surface area (Å²) >= 11 is 0. The van der Waals surface area contributed by atoms with Gasteiger partial charge in [-0.1, -0.05) is 25.3 Å². The predicted molar refractivity (Wildman–Crippen MR) is 140 cm³/mol. The summed E-state index contributed by atoms with van der Waals surface area (Å²) in [5.74, 6) is 4.90. The summed E-state index contributed by atoms with van der Waals surface area (Å²) in [5.41, 5.74) is 3.69. The summed E-state index contributed by atoms with van der Waals surface area (Å²) in [6.45, 7) is 1.40. The summed E-state index contributed by atoms with van der Waals surface area (Å²) in [6.07, 6.45) is 0.440. The number of anilines is 2. The van der Waals surface area contributed by atoms with Gasteiger partial charge in [-0.3, -0.25) is 19.6 Å². The van der Waals surface area contributed by atoms with Crippen LogP contribution in [0, 0.1) is 11.8 Å². The molecular weight excluding hydrogens is 474 g/mol. The molecule has 0 bridgehead atoms. The van der Waals surface area contributed by atoms with Crippen LogP contribution in [0.15, 0.2) is 72.9 Å². The molecule has 0 spiro atoms. The molecular formula is C27H29N5O5. The van der Waals surface area contributed by atoms with Crippen molar-refractivity contribution >= 4 is 29.2 Å². The number of hydrogen-bond donors (Lipinski definition) is 6. The average molecular weight is 504 g/mol. The molecule has 192 valence electrons. The predicted octanol–water partition coefficient (Wildman–Crippen LogP) is 2.15. The summed E-state index contributed by atoms with van der Waals surface area (Å²) < 4.78 is 0. The maximum Gasteiger partial charge on any atom is 0.268 e. The van der Waals surface area contributed by atoms with Gasteiger partial charge < -0.3 is 21.1 Å². The van der Waals surface area contributed by atoms with Crippen LogP contribution in [-0.2, 0) is 9.59 Å². The van der Waals surface area contributed by atoms with E-state index in [2.05, 4.69) is 32.8 Å². The first-order valence-corrected chi connectivity index (χ1v) is 11.0. The van der Waals surface area contributed by atoms with Gasteiger partial charge in [0.05, 0.1) is 12.6 Å². The van der Waals surface area contributed by atoms with Crippen LogP contribution in [0.2, 0.25) is 0 Å². The van der Waals surface area contributed by atoms with Gasteiger partial charge in [-0.15, -0.1) is 0 Å². The minimum atomic E-state index is -1.30. The first kappa shape index (κ1) is 28.5. The highest BCUT2D eigenvalue weighted by molar-refractivity contribution is 5.97. The smallest absolute Gasteiger partial charge is 0.268 e. The number of hydrogen-bond acceptors (Lipinski definition) is 7. The maximum absolute atomic E-state index is 12.3. The van der Waals surface area contributed by atoms with Crippen LogP contribution >= 0.6 is 0 Å². The van der Waals surface area contributed by atoms with E-state index in [0.717, 1.165) is 5.56 Å². The molecule has 0 saturated carbocycles. The van der Waals surface area contributed by atoms with Gasteiger partial charge in [0.1, 0.15) is 11.9 Å². The zero-order valence-electron chi connectivity index (χ0n) is 19.4. The van der Waals surface area contributed by atoms with Crippen LogP contribution in [0.5, 0.6) is 0 Å². The van der Waals surface area contributed by atoms with Crippen molar-refractivity contribution in [3.63, 3.8) is 0 Å². The van der Waals surface area contributed by atoms with Crippen LogP contribution in [0.1, 0.15) is 35.8 Å². The molecule has 0 aliphatic carbocycles. The summed E-state index contributed by atoms with van der Waals surface area (Å²) in [7, 11) is 0. The van der Waals surface area contributed by atoms with Crippen molar-refractivity contribution in [2.24, 2.45) is 0 Å². The van der Waals surface area contributed by atoms with E-state index in [1.165, 1.54) is 24.5 Å². The van der Waals surface area contributed by atoms with Gasteiger partial charge in [0.2, 0.25) is 5.91 Å². The topological polar surface area (TPSA) is 153 Å². The van der Waals surface area contributed by atoms with Crippen molar-refractivity contribution in [3.8, 4) is 11.8 Å². The number of rotatable bonds is 8. The van der Waals surface area contributed by atoms with Crippen molar-refractivity contribution in [2.45, 2.75) is 26.5 Å². The molecule has 1 aromatic heterocycles. The Bertz CT molecular complexity index is 1250. The number of nitrogens with zero attached hydrogens (tertiary/aromatic N) is 1. The molecule has 0 aliphatic heterocycles. The molecule has 0 radical (unpaired) electrons. The van der Waals surface area contributed by atoms with Crippen LogP contribution in [-0.4, -0.2) is 51.7 Å². The third kappa shape index (κ3) is 8.78. The molecule has 6 N–H and O–H groups in total. The second-order valence-corrected chi connectivity index (χ2v) is 7.69. The monoisotopic (exact) mass is 503 g/mol. The van der Waals surface area contributed by atoms with Crippen molar-refractivity contribution in [3.05, 3.63) is 89.6 Å². The van der Waals surface area contributed by atoms with Crippen LogP contribution in [0.3, 0.4) is 0 Å². The van der Waals surface area contributed by atoms with Crippen LogP contribution < -0.4 is 21.4 Å². The second-order valence-electron chi connectivity index (χ2n) is 7.69. The highest BCUT2D eigenvalue weighted by atomic mass is 16.5. The molecule has 10 nitrogen and oxygen atoms in total. The summed E-state index contributed by atoms with van der Waals surface area (Å²) in [4.78, 5) is 40.1. The first-order chi connectivity index (χ1) is 17.4. The Balaban J connectivity index is 0.00000481. The zero-order chi connectivity index (χ0) is 25.9. The number of carbonyl (C=O) groups is 3. The highest BCUT2D eigenvalue weighted by Crippen LogP contribution is 2.10. The number of amides is 3. The van der Waals surface area contributed by atoms with Gasteiger partial charge in [-0.05, 0) is 67.6 Å². The molecule has 0 fully saturated rings. The number of pyridine rings is 1. The number of aromatic nitrogens is 1. The lowest BCUT2D eigenvalue weighted by Gasteiger charge is -2.19. The van der Waals surface area contributed by atoms with Crippen LogP contribution in [0.25, 0.3) is 0 Å². The molecule has 10 heteroatoms. The molecule has 3 amide bonds. The quantitative estimate of drug-likeness (QED) is 0.156. The lowest BCUT2D eigenvalue weighted by Crippen LogP contribution is -2.51. The van der Waals surface area contributed by atoms with E-state index < -0.39 is 24.0 Å². The van der Waals surface area contributed by atoms with Gasteiger partial charge in [-0.25, -0.2) is 10.5 Å². The standard InChI is InChI=1S/C26H25N5O5.CH4/c1-17(32)24(26(35)31-36)30-25(34)20-11-7-18(8-12-20)5-6-19-9-13-21(14-10-19)29-23(33)16-28-22-4-2-3-15-27-22;/h2-4,7-15,17,24,32,36H,16H2,1H3,(H,27,28)(H,29,33)(H,30,34)(H,31,35);1H4/t17-,24+;/m1./s1. The number of aliphatic hydroxyl groups excluding tert-OH is 1. The van der Waals surface area contributed by atoms with Gasteiger partial charge >= 0.3 is 0 Å². The molecule has 0 unspecified atom stereocenters. The molecule has 2 aromatic carbocycles. The minimum Gasteiger partial charge on any atom is -0.391 e. The first-order valence-electron chi connectivity index (χ1n) is 11.0. The van der Waals surface area contributed by atoms with E-state index in [9.17, 15) is 19.5 Å². The Kier molecular flexibility index (Phi) is 10.8. The number of carbonyl (C=O) groups excluding carboxylic acids is 3. The van der Waals surface area contributed by atoms with Gasteiger partial charge in [0, 0.05) is 28.6 Å². The Hall–Kier alpha value is -4.72. The third-order valence-corrected chi connectivity index (χ3v) is 4.92. The van der Waals surface area contributed by atoms with Crippen molar-refractivity contribution in [1.82, 2.24) is 15.8 Å². The number of aliphatic hydroxyl groups is 1. The normalized spacial score (nSPS) is 11.4. The van der Waals surface area contributed by atoms with E-state index in [-0.39, 0.29) is 25.4 Å². The fourth-order valence-corrected chi connectivity index (χ4v) is 3.03.